The van der Waals surface area contributed by atoms with E-state index in [-0.39, 0.29) is 11.6 Å². The molecule has 0 saturated carbocycles. The first-order valence-corrected chi connectivity index (χ1v) is 7.03. The van der Waals surface area contributed by atoms with Gasteiger partial charge in [-0.2, -0.15) is 0 Å². The van der Waals surface area contributed by atoms with Crippen LogP contribution in [0, 0.1) is 11.6 Å². The van der Waals surface area contributed by atoms with Crippen LogP contribution < -0.4 is 4.90 Å². The first kappa shape index (κ1) is 14.0. The normalized spacial score (nSPS) is 10.5. The standard InChI is InChI=1S/C15H14BrF2N/c1-19(10-12-5-2-3-7-13(12)17)15-11(9-16)6-4-8-14(15)18/h2-8H,9-10H2,1H3. The molecule has 0 N–H and O–H groups in total. The number of nitrogens with zero attached hydrogens (tertiary/aromatic N) is 1. The summed E-state index contributed by atoms with van der Waals surface area (Å²) >= 11 is 3.34. The SMILES string of the molecule is CN(Cc1ccccc1F)c1c(F)cccc1CBr. The Morgan fingerprint density at radius 1 is 0.947 bits per heavy atom. The highest BCUT2D eigenvalue weighted by Gasteiger charge is 2.13. The summed E-state index contributed by atoms with van der Waals surface area (Å²) in [4.78, 5) is 1.73. The van der Waals surface area contributed by atoms with Gasteiger partial charge in [0.15, 0.2) is 0 Å². The van der Waals surface area contributed by atoms with E-state index in [4.69, 9.17) is 0 Å². The molecule has 4 heteroatoms. The molecule has 0 unspecified atom stereocenters. The van der Waals surface area contributed by atoms with Crippen molar-refractivity contribution in [1.29, 1.82) is 0 Å². The molecule has 2 rings (SSSR count). The lowest BCUT2D eigenvalue weighted by Crippen LogP contribution is -2.20. The minimum absolute atomic E-state index is 0.272. The number of benzene rings is 2. The fourth-order valence-corrected chi connectivity index (χ4v) is 2.51. The van der Waals surface area contributed by atoms with Crippen LogP contribution in [0.5, 0.6) is 0 Å². The van der Waals surface area contributed by atoms with Crippen LogP contribution in [0.3, 0.4) is 0 Å². The molecule has 0 aliphatic rings. The molecular formula is C15H14BrF2N. The second kappa shape index (κ2) is 6.15. The third-order valence-corrected chi connectivity index (χ3v) is 3.57. The molecule has 100 valence electrons. The van der Waals surface area contributed by atoms with Crippen molar-refractivity contribution in [2.75, 3.05) is 11.9 Å². The van der Waals surface area contributed by atoms with E-state index in [0.717, 1.165) is 5.56 Å². The Kier molecular flexibility index (Phi) is 4.53. The molecule has 0 bridgehead atoms. The van der Waals surface area contributed by atoms with Gasteiger partial charge in [-0.3, -0.25) is 0 Å². The monoisotopic (exact) mass is 325 g/mol. The van der Waals surface area contributed by atoms with Crippen LogP contribution >= 0.6 is 15.9 Å². The highest BCUT2D eigenvalue weighted by atomic mass is 79.9. The number of para-hydroxylation sites is 1. The molecule has 0 amide bonds. The Morgan fingerprint density at radius 3 is 2.26 bits per heavy atom. The van der Waals surface area contributed by atoms with Gasteiger partial charge in [0.1, 0.15) is 11.6 Å². The van der Waals surface area contributed by atoms with Crippen LogP contribution in [0.15, 0.2) is 42.5 Å². The van der Waals surface area contributed by atoms with Crippen LogP contribution in [-0.4, -0.2) is 7.05 Å². The van der Waals surface area contributed by atoms with Gasteiger partial charge in [0.25, 0.3) is 0 Å². The lowest BCUT2D eigenvalue weighted by Gasteiger charge is -2.23. The largest absolute Gasteiger partial charge is 0.368 e. The average Bonchev–Trinajstić information content (AvgIpc) is 2.40. The van der Waals surface area contributed by atoms with E-state index in [1.807, 2.05) is 6.07 Å². The lowest BCUT2D eigenvalue weighted by atomic mass is 10.1. The van der Waals surface area contributed by atoms with E-state index in [1.165, 1.54) is 12.1 Å². The fourth-order valence-electron chi connectivity index (χ4n) is 2.06. The van der Waals surface area contributed by atoms with Crippen LogP contribution in [-0.2, 0) is 11.9 Å². The first-order chi connectivity index (χ1) is 9.13. The second-order valence-electron chi connectivity index (χ2n) is 4.33. The number of alkyl halides is 1. The van der Waals surface area contributed by atoms with Gasteiger partial charge in [0.05, 0.1) is 5.69 Å². The molecule has 1 nitrogen and oxygen atoms in total. The molecule has 0 spiro atoms. The zero-order valence-corrected chi connectivity index (χ0v) is 12.1. The van der Waals surface area contributed by atoms with Gasteiger partial charge in [-0.1, -0.05) is 46.3 Å². The van der Waals surface area contributed by atoms with Gasteiger partial charge < -0.3 is 4.90 Å². The van der Waals surface area contributed by atoms with E-state index >= 15 is 0 Å². The van der Waals surface area contributed by atoms with Gasteiger partial charge in [-0.25, -0.2) is 8.78 Å². The second-order valence-corrected chi connectivity index (χ2v) is 4.89. The summed E-state index contributed by atoms with van der Waals surface area (Å²) in [5.74, 6) is -0.568. The van der Waals surface area contributed by atoms with Crippen LogP contribution in [0.4, 0.5) is 14.5 Å². The molecule has 2 aromatic carbocycles. The van der Waals surface area contributed by atoms with Gasteiger partial charge in [0.2, 0.25) is 0 Å². The highest BCUT2D eigenvalue weighted by molar-refractivity contribution is 9.08. The molecule has 19 heavy (non-hydrogen) atoms. The maximum Gasteiger partial charge on any atom is 0.146 e. The van der Waals surface area contributed by atoms with Gasteiger partial charge in [-0.15, -0.1) is 0 Å². The predicted octanol–water partition coefficient (Wildman–Crippen LogP) is 4.50. The smallest absolute Gasteiger partial charge is 0.146 e. The number of anilines is 1. The minimum atomic E-state index is -0.296. The minimum Gasteiger partial charge on any atom is -0.368 e. The summed E-state index contributed by atoms with van der Waals surface area (Å²) in [6.45, 7) is 0.327. The topological polar surface area (TPSA) is 3.24 Å². The van der Waals surface area contributed by atoms with Crippen molar-refractivity contribution in [1.82, 2.24) is 0 Å². The molecule has 0 aliphatic carbocycles. The Labute approximate surface area is 120 Å². The predicted molar refractivity (Wildman–Crippen MR) is 77.5 cm³/mol. The summed E-state index contributed by atoms with van der Waals surface area (Å²) < 4.78 is 27.6. The Hall–Kier alpha value is -1.42. The zero-order valence-electron chi connectivity index (χ0n) is 10.5. The van der Waals surface area contributed by atoms with Crippen LogP contribution in [0.2, 0.25) is 0 Å². The Bertz CT molecular complexity index is 572. The maximum atomic E-state index is 13.9. The van der Waals surface area contributed by atoms with Crippen molar-refractivity contribution < 1.29 is 8.78 Å². The molecule has 2 aromatic rings. The summed E-state index contributed by atoms with van der Waals surface area (Å²) in [5, 5.41) is 0.557. The van der Waals surface area contributed by atoms with E-state index in [0.29, 0.717) is 23.1 Å². The number of rotatable bonds is 4. The molecular weight excluding hydrogens is 312 g/mol. The summed E-state index contributed by atoms with van der Waals surface area (Å²) in [5.41, 5.74) is 1.90. The Morgan fingerprint density at radius 2 is 1.58 bits per heavy atom. The molecule has 0 fully saturated rings. The first-order valence-electron chi connectivity index (χ1n) is 5.91. The van der Waals surface area contributed by atoms with Crippen molar-refractivity contribution in [3.63, 3.8) is 0 Å². The van der Waals surface area contributed by atoms with E-state index in [1.54, 1.807) is 36.2 Å². The third kappa shape index (κ3) is 3.13. The van der Waals surface area contributed by atoms with Crippen LogP contribution in [0.1, 0.15) is 11.1 Å². The summed E-state index contributed by atoms with van der Waals surface area (Å²) in [6, 6.07) is 11.5. The van der Waals surface area contributed by atoms with Crippen molar-refractivity contribution in [3.05, 3.63) is 65.2 Å². The molecule has 0 heterocycles. The molecule has 0 radical (unpaired) electrons. The number of halogens is 3. The van der Waals surface area contributed by atoms with Gasteiger partial charge >= 0.3 is 0 Å². The van der Waals surface area contributed by atoms with Crippen molar-refractivity contribution in [3.8, 4) is 0 Å². The maximum absolute atomic E-state index is 13.9. The molecule has 0 aromatic heterocycles. The summed E-state index contributed by atoms with van der Waals surface area (Å²) in [7, 11) is 1.76. The van der Waals surface area contributed by atoms with E-state index in [9.17, 15) is 8.78 Å². The zero-order chi connectivity index (χ0) is 13.8. The van der Waals surface area contributed by atoms with Crippen molar-refractivity contribution >= 4 is 21.6 Å². The number of hydrogen-bond acceptors (Lipinski definition) is 1. The van der Waals surface area contributed by atoms with E-state index in [2.05, 4.69) is 15.9 Å². The quantitative estimate of drug-likeness (QED) is 0.748. The fraction of sp³-hybridized carbons (Fsp3) is 0.200. The number of hydrogen-bond donors (Lipinski definition) is 0. The third-order valence-electron chi connectivity index (χ3n) is 2.96. The van der Waals surface area contributed by atoms with Crippen molar-refractivity contribution in [2.45, 2.75) is 11.9 Å². The molecule has 0 saturated heterocycles. The van der Waals surface area contributed by atoms with Crippen molar-refractivity contribution in [2.24, 2.45) is 0 Å². The molecule has 0 atom stereocenters. The average molecular weight is 326 g/mol. The lowest BCUT2D eigenvalue weighted by molar-refractivity contribution is 0.600. The Balaban J connectivity index is 2.30. The summed E-state index contributed by atoms with van der Waals surface area (Å²) in [6.07, 6.45) is 0. The van der Waals surface area contributed by atoms with Gasteiger partial charge in [0, 0.05) is 24.5 Å². The van der Waals surface area contributed by atoms with Crippen LogP contribution in [0.25, 0.3) is 0 Å². The molecule has 0 aliphatic heterocycles. The van der Waals surface area contributed by atoms with E-state index < -0.39 is 0 Å². The highest BCUT2D eigenvalue weighted by Crippen LogP contribution is 2.27. The van der Waals surface area contributed by atoms with Gasteiger partial charge in [-0.05, 0) is 17.7 Å².